The Bertz CT molecular complexity index is 2820. The van der Waals surface area contributed by atoms with Gasteiger partial charge in [-0.2, -0.15) is 0 Å². The summed E-state index contributed by atoms with van der Waals surface area (Å²) < 4.78 is 13.0. The topological polar surface area (TPSA) is 42.4 Å². The first-order valence-electron chi connectivity index (χ1n) is 16.5. The molecule has 0 spiro atoms. The summed E-state index contributed by atoms with van der Waals surface area (Å²) in [5, 5.41) is 6.92. The van der Waals surface area contributed by atoms with Crippen molar-refractivity contribution in [1.29, 1.82) is 0 Å². The highest BCUT2D eigenvalue weighted by Gasteiger charge is 2.21. The van der Waals surface area contributed by atoms with Crippen molar-refractivity contribution in [2.24, 2.45) is 0 Å². The summed E-state index contributed by atoms with van der Waals surface area (Å²) >= 11 is 0. The quantitative estimate of drug-likeness (QED) is 0.178. The third-order valence-corrected chi connectivity index (χ3v) is 9.47. The van der Waals surface area contributed by atoms with Crippen LogP contribution < -0.4 is 4.90 Å². The lowest BCUT2D eigenvalue weighted by molar-refractivity contribution is 0.617. The van der Waals surface area contributed by atoms with E-state index in [1.165, 1.54) is 32.7 Å². The number of benzene rings is 8. The number of aromatic nitrogens is 1. The second kappa shape index (κ2) is 11.0. The maximum atomic E-state index is 6.74. The number of anilines is 3. The summed E-state index contributed by atoms with van der Waals surface area (Å²) in [6.07, 6.45) is 0. The molecule has 4 nitrogen and oxygen atoms in total. The molecular formula is C45H28N2O2. The van der Waals surface area contributed by atoms with E-state index in [4.69, 9.17) is 13.8 Å². The van der Waals surface area contributed by atoms with Gasteiger partial charge in [0.2, 0.25) is 5.89 Å². The molecule has 49 heavy (non-hydrogen) atoms. The van der Waals surface area contributed by atoms with Gasteiger partial charge in [-0.05, 0) is 81.2 Å². The smallest absolute Gasteiger partial charge is 0.227 e. The van der Waals surface area contributed by atoms with Gasteiger partial charge in [-0.25, -0.2) is 4.98 Å². The van der Waals surface area contributed by atoms with Gasteiger partial charge >= 0.3 is 0 Å². The average Bonchev–Trinajstić information content (AvgIpc) is 3.76. The molecule has 0 saturated carbocycles. The molecule has 0 aliphatic rings. The van der Waals surface area contributed by atoms with E-state index in [9.17, 15) is 0 Å². The number of hydrogen-bond donors (Lipinski definition) is 0. The molecule has 2 aromatic heterocycles. The Morgan fingerprint density at radius 2 is 1.08 bits per heavy atom. The van der Waals surface area contributed by atoms with Crippen molar-refractivity contribution >= 4 is 71.6 Å². The van der Waals surface area contributed by atoms with Gasteiger partial charge in [0.1, 0.15) is 11.1 Å². The van der Waals surface area contributed by atoms with Crippen molar-refractivity contribution in [2.45, 2.75) is 0 Å². The maximum Gasteiger partial charge on any atom is 0.227 e. The van der Waals surface area contributed by atoms with Gasteiger partial charge in [0.15, 0.2) is 11.2 Å². The lowest BCUT2D eigenvalue weighted by Gasteiger charge is -2.26. The van der Waals surface area contributed by atoms with E-state index in [0.29, 0.717) is 11.5 Å². The molecule has 8 aromatic carbocycles. The Balaban J connectivity index is 1.16. The predicted octanol–water partition coefficient (Wildman–Crippen LogP) is 12.8. The molecule has 0 N–H and O–H groups in total. The second-order valence-electron chi connectivity index (χ2n) is 12.4. The van der Waals surface area contributed by atoms with Crippen LogP contribution in [0.15, 0.2) is 179 Å². The molecule has 230 valence electrons. The lowest BCUT2D eigenvalue weighted by atomic mass is 10.0. The fourth-order valence-electron chi connectivity index (χ4n) is 7.08. The zero-order valence-corrected chi connectivity index (χ0v) is 26.4. The molecule has 0 saturated heterocycles. The first kappa shape index (κ1) is 27.5. The number of para-hydroxylation sites is 1. The van der Waals surface area contributed by atoms with E-state index in [2.05, 4.69) is 132 Å². The van der Waals surface area contributed by atoms with Gasteiger partial charge < -0.3 is 13.7 Å². The standard InChI is InChI=1S/C45H28N2O2/c1-3-10-29(11-4-1)30-20-22-34(23-21-30)47(35-24-25-37-33(26-35)19-18-31-12-7-8-15-36(31)37)41-17-9-16-38-39-27-40-43(28-42(39)48-44(38)41)49-45(46-40)32-13-5-2-6-14-32/h1-28H. The van der Waals surface area contributed by atoms with Crippen LogP contribution >= 0.6 is 0 Å². The molecule has 0 unspecified atom stereocenters. The summed E-state index contributed by atoms with van der Waals surface area (Å²) in [5.74, 6) is 0.599. The summed E-state index contributed by atoms with van der Waals surface area (Å²) in [5.41, 5.74) is 9.40. The van der Waals surface area contributed by atoms with Crippen molar-refractivity contribution in [3.63, 3.8) is 0 Å². The van der Waals surface area contributed by atoms with Gasteiger partial charge in [0, 0.05) is 33.8 Å². The SMILES string of the molecule is c1ccc(-c2ccc(N(c3ccc4c(ccc5ccccc54)c3)c3cccc4c3oc3cc5oc(-c6ccccc6)nc5cc34)cc2)cc1. The van der Waals surface area contributed by atoms with Crippen LogP contribution in [0.4, 0.5) is 17.1 Å². The number of oxazole rings is 1. The minimum atomic E-state index is 0.599. The first-order valence-corrected chi connectivity index (χ1v) is 16.5. The van der Waals surface area contributed by atoms with E-state index < -0.39 is 0 Å². The molecule has 0 aliphatic carbocycles. The van der Waals surface area contributed by atoms with Crippen molar-refractivity contribution in [2.75, 3.05) is 4.90 Å². The molecule has 2 heterocycles. The predicted molar refractivity (Wildman–Crippen MR) is 202 cm³/mol. The van der Waals surface area contributed by atoms with Crippen LogP contribution in [0.1, 0.15) is 0 Å². The Kier molecular flexibility index (Phi) is 6.15. The highest BCUT2D eigenvalue weighted by atomic mass is 16.4. The molecule has 0 atom stereocenters. The van der Waals surface area contributed by atoms with Gasteiger partial charge in [-0.15, -0.1) is 0 Å². The molecule has 0 fully saturated rings. The van der Waals surface area contributed by atoms with E-state index in [1.54, 1.807) is 0 Å². The number of rotatable bonds is 5. The molecule has 0 aliphatic heterocycles. The maximum absolute atomic E-state index is 6.74. The molecule has 0 amide bonds. The Hall–Kier alpha value is -6.65. The van der Waals surface area contributed by atoms with Gasteiger partial charge in [0.25, 0.3) is 0 Å². The largest absolute Gasteiger partial charge is 0.454 e. The molecule has 0 radical (unpaired) electrons. The highest BCUT2D eigenvalue weighted by molar-refractivity contribution is 6.14. The van der Waals surface area contributed by atoms with Crippen molar-refractivity contribution in [3.05, 3.63) is 170 Å². The van der Waals surface area contributed by atoms with E-state index in [1.807, 2.05) is 42.5 Å². The van der Waals surface area contributed by atoms with Crippen LogP contribution in [0.3, 0.4) is 0 Å². The normalized spacial score (nSPS) is 11.7. The van der Waals surface area contributed by atoms with Crippen LogP contribution in [0.25, 0.3) is 77.2 Å². The third kappa shape index (κ3) is 4.57. The summed E-state index contributed by atoms with van der Waals surface area (Å²) in [4.78, 5) is 7.13. The zero-order chi connectivity index (χ0) is 32.3. The number of fused-ring (bicyclic) bond motifs is 7. The van der Waals surface area contributed by atoms with Crippen molar-refractivity contribution in [3.8, 4) is 22.6 Å². The second-order valence-corrected chi connectivity index (χ2v) is 12.4. The van der Waals surface area contributed by atoms with Crippen LogP contribution in [0.5, 0.6) is 0 Å². The fraction of sp³-hybridized carbons (Fsp3) is 0. The van der Waals surface area contributed by atoms with Crippen LogP contribution in [0.2, 0.25) is 0 Å². The van der Waals surface area contributed by atoms with E-state index in [0.717, 1.165) is 50.1 Å². The van der Waals surface area contributed by atoms with Gasteiger partial charge in [-0.3, -0.25) is 0 Å². The monoisotopic (exact) mass is 628 g/mol. The van der Waals surface area contributed by atoms with Crippen LogP contribution in [0, 0.1) is 0 Å². The van der Waals surface area contributed by atoms with Crippen molar-refractivity contribution in [1.82, 2.24) is 4.98 Å². The van der Waals surface area contributed by atoms with Crippen LogP contribution in [-0.4, -0.2) is 4.98 Å². The van der Waals surface area contributed by atoms with Gasteiger partial charge in [0.05, 0.1) is 5.69 Å². The number of hydrogen-bond acceptors (Lipinski definition) is 4. The minimum absolute atomic E-state index is 0.599. The Morgan fingerprint density at radius 1 is 0.408 bits per heavy atom. The molecule has 4 heteroatoms. The highest BCUT2D eigenvalue weighted by Crippen LogP contribution is 2.44. The summed E-state index contributed by atoms with van der Waals surface area (Å²) in [6.45, 7) is 0. The van der Waals surface area contributed by atoms with E-state index in [-0.39, 0.29) is 0 Å². The Labute approximate surface area is 282 Å². The summed E-state index contributed by atoms with van der Waals surface area (Å²) in [7, 11) is 0. The molecule has 10 rings (SSSR count). The molecular weight excluding hydrogens is 601 g/mol. The molecule has 0 bridgehead atoms. The summed E-state index contributed by atoms with van der Waals surface area (Å²) in [6, 6.07) is 59.3. The third-order valence-electron chi connectivity index (χ3n) is 9.47. The average molecular weight is 629 g/mol. The zero-order valence-electron chi connectivity index (χ0n) is 26.4. The minimum Gasteiger partial charge on any atom is -0.454 e. The fourth-order valence-corrected chi connectivity index (χ4v) is 7.08. The molecule has 10 aromatic rings. The lowest BCUT2D eigenvalue weighted by Crippen LogP contribution is -2.10. The first-order chi connectivity index (χ1) is 24.3. The van der Waals surface area contributed by atoms with Crippen LogP contribution in [-0.2, 0) is 0 Å². The van der Waals surface area contributed by atoms with Crippen molar-refractivity contribution < 1.29 is 8.83 Å². The number of furan rings is 1. The number of nitrogens with zero attached hydrogens (tertiary/aromatic N) is 2. The van der Waals surface area contributed by atoms with Gasteiger partial charge in [-0.1, -0.05) is 115 Å². The Morgan fingerprint density at radius 3 is 1.92 bits per heavy atom. The van der Waals surface area contributed by atoms with E-state index >= 15 is 0 Å².